The zero-order valence-electron chi connectivity index (χ0n) is 13.3. The molecule has 7 heteroatoms. The monoisotopic (exact) mass is 343 g/mol. The minimum absolute atomic E-state index is 0. The molecule has 0 fully saturated rings. The van der Waals surface area contributed by atoms with Crippen LogP contribution in [0.25, 0.3) is 0 Å². The van der Waals surface area contributed by atoms with Gasteiger partial charge in [0.2, 0.25) is 11.8 Å². The molecule has 0 saturated heterocycles. The van der Waals surface area contributed by atoms with Crippen LogP contribution in [0.5, 0.6) is 0 Å². The van der Waals surface area contributed by atoms with E-state index in [1.165, 1.54) is 12.1 Å². The molecule has 1 aromatic rings. The summed E-state index contributed by atoms with van der Waals surface area (Å²) in [6.45, 7) is 4.27. The van der Waals surface area contributed by atoms with Crippen molar-refractivity contribution < 1.29 is 14.0 Å². The first kappa shape index (κ1) is 19.4. The van der Waals surface area contributed by atoms with Crippen LogP contribution in [-0.2, 0) is 9.59 Å². The summed E-state index contributed by atoms with van der Waals surface area (Å²) in [5.41, 5.74) is 6.34. The van der Waals surface area contributed by atoms with Crippen LogP contribution in [0.2, 0.25) is 0 Å². The van der Waals surface area contributed by atoms with Crippen LogP contribution in [-0.4, -0.2) is 23.9 Å². The maximum atomic E-state index is 13.3. The van der Waals surface area contributed by atoms with Gasteiger partial charge in [0.15, 0.2) is 0 Å². The van der Waals surface area contributed by atoms with Gasteiger partial charge < -0.3 is 16.4 Å². The van der Waals surface area contributed by atoms with Crippen molar-refractivity contribution in [1.29, 1.82) is 0 Å². The summed E-state index contributed by atoms with van der Waals surface area (Å²) in [5.74, 6) is -1.59. The molecule has 0 aliphatic carbocycles. The number of hydrogen-bond acceptors (Lipinski definition) is 3. The van der Waals surface area contributed by atoms with E-state index in [-0.39, 0.29) is 30.6 Å². The lowest BCUT2D eigenvalue weighted by Crippen LogP contribution is -2.54. The Labute approximate surface area is 141 Å². The highest BCUT2D eigenvalue weighted by Gasteiger charge is 2.35. The van der Waals surface area contributed by atoms with Crippen molar-refractivity contribution in [3.05, 3.63) is 29.6 Å². The van der Waals surface area contributed by atoms with Gasteiger partial charge in [0.05, 0.1) is 11.5 Å². The van der Waals surface area contributed by atoms with Gasteiger partial charge in [-0.2, -0.15) is 0 Å². The number of hydrogen-bond donors (Lipinski definition) is 3. The molecule has 0 radical (unpaired) electrons. The van der Waals surface area contributed by atoms with Gasteiger partial charge in [-0.25, -0.2) is 4.39 Å². The molecule has 5 nitrogen and oxygen atoms in total. The summed E-state index contributed by atoms with van der Waals surface area (Å²) < 4.78 is 13.3. The second kappa shape index (κ2) is 7.75. The Morgan fingerprint density at radius 3 is 2.65 bits per heavy atom. The minimum Gasteiger partial charge on any atom is -0.349 e. The van der Waals surface area contributed by atoms with Crippen molar-refractivity contribution in [3.8, 4) is 0 Å². The molecule has 0 bridgehead atoms. The molecule has 2 rings (SSSR count). The molecule has 0 spiro atoms. The van der Waals surface area contributed by atoms with Crippen molar-refractivity contribution in [2.45, 2.75) is 44.6 Å². The lowest BCUT2D eigenvalue weighted by molar-refractivity contribution is -0.127. The predicted octanol–water partition coefficient (Wildman–Crippen LogP) is 2.31. The fraction of sp³-hybridized carbons (Fsp3) is 0.500. The summed E-state index contributed by atoms with van der Waals surface area (Å²) >= 11 is 0. The third-order valence-corrected chi connectivity index (χ3v) is 4.50. The van der Waals surface area contributed by atoms with Crippen LogP contribution in [0, 0.1) is 5.82 Å². The second-order valence-corrected chi connectivity index (χ2v) is 5.72. The third-order valence-electron chi connectivity index (χ3n) is 4.50. The van der Waals surface area contributed by atoms with Gasteiger partial charge in [-0.3, -0.25) is 9.59 Å². The lowest BCUT2D eigenvalue weighted by Gasteiger charge is -2.34. The molecule has 1 atom stereocenters. The maximum Gasteiger partial charge on any atom is 0.228 e. The van der Waals surface area contributed by atoms with E-state index in [1.807, 2.05) is 13.8 Å². The van der Waals surface area contributed by atoms with E-state index in [2.05, 4.69) is 10.6 Å². The molecule has 2 amide bonds. The number of fused-ring (bicyclic) bond motifs is 1. The largest absolute Gasteiger partial charge is 0.349 e. The number of amides is 2. The number of carbonyl (C=O) groups excluding carboxylic acids is 2. The summed E-state index contributed by atoms with van der Waals surface area (Å²) in [4.78, 5) is 24.4. The van der Waals surface area contributed by atoms with Gasteiger partial charge in [-0.1, -0.05) is 19.9 Å². The minimum atomic E-state index is -0.617. The third kappa shape index (κ3) is 4.00. The van der Waals surface area contributed by atoms with E-state index in [4.69, 9.17) is 5.73 Å². The van der Waals surface area contributed by atoms with E-state index in [1.54, 1.807) is 6.07 Å². The fourth-order valence-corrected chi connectivity index (χ4v) is 2.79. The molecule has 128 valence electrons. The van der Waals surface area contributed by atoms with Crippen LogP contribution in [0.1, 0.15) is 44.6 Å². The average Bonchev–Trinajstić information content (AvgIpc) is 2.51. The molecular formula is C16H23ClFN3O2. The first-order valence-electron chi connectivity index (χ1n) is 7.56. The van der Waals surface area contributed by atoms with E-state index < -0.39 is 17.3 Å². The van der Waals surface area contributed by atoms with Crippen LogP contribution >= 0.6 is 12.4 Å². The van der Waals surface area contributed by atoms with Crippen LogP contribution in [0.3, 0.4) is 0 Å². The molecule has 1 aromatic carbocycles. The SMILES string of the molecule is CCC(CC)(CN)NC(=O)C1CC(=O)Nc2cc(F)ccc21.Cl. The summed E-state index contributed by atoms with van der Waals surface area (Å²) in [7, 11) is 0. The van der Waals surface area contributed by atoms with Crippen molar-refractivity contribution >= 4 is 29.9 Å². The van der Waals surface area contributed by atoms with Crippen LogP contribution < -0.4 is 16.4 Å². The normalized spacial score (nSPS) is 16.9. The van der Waals surface area contributed by atoms with E-state index >= 15 is 0 Å². The Morgan fingerprint density at radius 2 is 2.09 bits per heavy atom. The van der Waals surface area contributed by atoms with Crippen molar-refractivity contribution in [2.75, 3.05) is 11.9 Å². The molecule has 0 aromatic heterocycles. The van der Waals surface area contributed by atoms with Crippen LogP contribution in [0.4, 0.5) is 10.1 Å². The molecule has 0 saturated carbocycles. The number of rotatable bonds is 5. The van der Waals surface area contributed by atoms with Gasteiger partial charge in [-0.05, 0) is 30.5 Å². The van der Waals surface area contributed by atoms with E-state index in [9.17, 15) is 14.0 Å². The van der Waals surface area contributed by atoms with E-state index in [0.29, 0.717) is 30.6 Å². The van der Waals surface area contributed by atoms with Gasteiger partial charge in [0, 0.05) is 18.7 Å². The second-order valence-electron chi connectivity index (χ2n) is 5.72. The Morgan fingerprint density at radius 1 is 1.43 bits per heavy atom. The Hall–Kier alpha value is -1.66. The lowest BCUT2D eigenvalue weighted by atomic mass is 9.87. The summed E-state index contributed by atoms with van der Waals surface area (Å²) in [6, 6.07) is 4.09. The van der Waals surface area contributed by atoms with Crippen molar-refractivity contribution in [3.63, 3.8) is 0 Å². The first-order chi connectivity index (χ1) is 10.4. The number of carbonyl (C=O) groups is 2. The van der Waals surface area contributed by atoms with Gasteiger partial charge in [0.1, 0.15) is 5.82 Å². The maximum absolute atomic E-state index is 13.3. The van der Waals surface area contributed by atoms with Crippen molar-refractivity contribution in [2.24, 2.45) is 5.73 Å². The number of nitrogens with two attached hydrogens (primary N) is 1. The molecule has 1 aliphatic heterocycles. The molecule has 1 heterocycles. The summed E-state index contributed by atoms with van der Waals surface area (Å²) in [5, 5.41) is 5.59. The average molecular weight is 344 g/mol. The quantitative estimate of drug-likeness (QED) is 0.767. The Balaban J connectivity index is 0.00000264. The fourth-order valence-electron chi connectivity index (χ4n) is 2.79. The van der Waals surface area contributed by atoms with Gasteiger partial charge in [0.25, 0.3) is 0 Å². The van der Waals surface area contributed by atoms with Gasteiger partial charge in [-0.15, -0.1) is 12.4 Å². The molecule has 1 aliphatic rings. The number of benzene rings is 1. The summed E-state index contributed by atoms with van der Waals surface area (Å²) in [6.07, 6.45) is 1.47. The molecule has 1 unspecified atom stereocenters. The predicted molar refractivity (Wildman–Crippen MR) is 90.1 cm³/mol. The van der Waals surface area contributed by atoms with E-state index in [0.717, 1.165) is 0 Å². The highest BCUT2D eigenvalue weighted by Crippen LogP contribution is 2.33. The number of nitrogens with one attached hydrogen (secondary N) is 2. The molecular weight excluding hydrogens is 321 g/mol. The Kier molecular flexibility index (Phi) is 6.53. The highest BCUT2D eigenvalue weighted by molar-refractivity contribution is 6.01. The molecule has 4 N–H and O–H groups in total. The molecule has 23 heavy (non-hydrogen) atoms. The van der Waals surface area contributed by atoms with Gasteiger partial charge >= 0.3 is 0 Å². The first-order valence-corrected chi connectivity index (χ1v) is 7.56. The standard InChI is InChI=1S/C16H22FN3O2.ClH/c1-3-16(4-2,9-18)20-15(22)12-8-14(21)19-13-7-10(17)5-6-11(12)13;/h5-7,12H,3-4,8-9,18H2,1-2H3,(H,19,21)(H,20,22);1H. The van der Waals surface area contributed by atoms with Crippen molar-refractivity contribution in [1.82, 2.24) is 5.32 Å². The number of halogens is 2. The zero-order chi connectivity index (χ0) is 16.3. The smallest absolute Gasteiger partial charge is 0.228 e. The zero-order valence-corrected chi connectivity index (χ0v) is 14.1. The number of anilines is 1. The Bertz CT molecular complexity index is 582. The highest BCUT2D eigenvalue weighted by atomic mass is 35.5. The topological polar surface area (TPSA) is 84.2 Å². The van der Waals surface area contributed by atoms with Crippen LogP contribution in [0.15, 0.2) is 18.2 Å².